The van der Waals surface area contributed by atoms with E-state index in [1.54, 1.807) is 0 Å². The van der Waals surface area contributed by atoms with Crippen LogP contribution in [0, 0.1) is 0 Å². The Kier molecular flexibility index (Phi) is 6.19. The maximum absolute atomic E-state index is 11.7. The third-order valence-electron chi connectivity index (χ3n) is 1.68. The highest BCUT2D eigenvalue weighted by Crippen LogP contribution is 2.20. The Balaban J connectivity index is 3.27. The first kappa shape index (κ1) is 14.7. The van der Waals surface area contributed by atoms with Crippen molar-refractivity contribution in [3.05, 3.63) is 0 Å². The Labute approximate surface area is 88.0 Å². The zero-order chi connectivity index (χ0) is 11.9. The number of nitrogens with one attached hydrogen (secondary N) is 1. The lowest BCUT2D eigenvalue weighted by atomic mass is 10.3. The highest BCUT2D eigenvalue weighted by atomic mass is 32.2. The van der Waals surface area contributed by atoms with Crippen LogP contribution in [0.4, 0.5) is 13.2 Å². The smallest absolute Gasteiger partial charge is 0.317 e. The van der Waals surface area contributed by atoms with Crippen LogP contribution in [0.2, 0.25) is 0 Å². The zero-order valence-electron chi connectivity index (χ0n) is 8.60. The molecule has 0 saturated carbocycles. The van der Waals surface area contributed by atoms with Crippen molar-refractivity contribution in [2.24, 2.45) is 0 Å². The monoisotopic (exact) mass is 247 g/mol. The highest BCUT2D eigenvalue weighted by Gasteiger charge is 2.25. The van der Waals surface area contributed by atoms with Gasteiger partial charge in [-0.1, -0.05) is 0 Å². The molecular weight excluding hydrogens is 231 g/mol. The average molecular weight is 247 g/mol. The largest absolute Gasteiger partial charge is 0.389 e. The van der Waals surface area contributed by atoms with E-state index < -0.39 is 22.4 Å². The summed E-state index contributed by atoms with van der Waals surface area (Å²) in [6.45, 7) is 0.703. The zero-order valence-corrected chi connectivity index (χ0v) is 9.42. The van der Waals surface area contributed by atoms with E-state index in [0.29, 0.717) is 13.0 Å². The normalized spacial score (nSPS) is 13.1. The van der Waals surface area contributed by atoms with Gasteiger partial charge in [-0.25, -0.2) is 8.42 Å². The topological polar surface area (TPSA) is 46.2 Å². The highest BCUT2D eigenvalue weighted by molar-refractivity contribution is 7.90. The van der Waals surface area contributed by atoms with Gasteiger partial charge in [0.2, 0.25) is 0 Å². The molecule has 0 amide bonds. The summed E-state index contributed by atoms with van der Waals surface area (Å²) in [5.41, 5.74) is 0. The summed E-state index contributed by atoms with van der Waals surface area (Å²) in [6, 6.07) is 0. The summed E-state index contributed by atoms with van der Waals surface area (Å²) >= 11 is 0. The van der Waals surface area contributed by atoms with Crippen LogP contribution < -0.4 is 5.32 Å². The second-order valence-electron chi connectivity index (χ2n) is 3.45. The van der Waals surface area contributed by atoms with Crippen molar-refractivity contribution in [3.63, 3.8) is 0 Å². The van der Waals surface area contributed by atoms with E-state index in [4.69, 9.17) is 0 Å². The molecule has 0 spiro atoms. The van der Waals surface area contributed by atoms with Gasteiger partial charge in [0.05, 0.1) is 5.75 Å². The molecule has 7 heteroatoms. The fourth-order valence-corrected chi connectivity index (χ4v) is 1.67. The van der Waals surface area contributed by atoms with Gasteiger partial charge in [0.15, 0.2) is 0 Å². The molecule has 0 radical (unpaired) electrons. The van der Waals surface area contributed by atoms with Gasteiger partial charge in [-0.15, -0.1) is 0 Å². The minimum absolute atomic E-state index is 0.0301. The molecule has 92 valence electrons. The van der Waals surface area contributed by atoms with E-state index in [2.05, 4.69) is 5.32 Å². The molecule has 1 N–H and O–H groups in total. The van der Waals surface area contributed by atoms with Gasteiger partial charge in [0, 0.05) is 12.7 Å². The van der Waals surface area contributed by atoms with Crippen molar-refractivity contribution in [1.29, 1.82) is 0 Å². The van der Waals surface area contributed by atoms with Crippen LogP contribution in [0.3, 0.4) is 0 Å². The standard InChI is InChI=1S/C8H16F3NO2S/c1-15(13,14)7-3-6-12-5-2-4-8(9,10)11/h12H,2-7H2,1H3. The number of alkyl halides is 3. The molecule has 0 aliphatic rings. The summed E-state index contributed by atoms with van der Waals surface area (Å²) in [4.78, 5) is 0. The van der Waals surface area contributed by atoms with Crippen molar-refractivity contribution in [2.45, 2.75) is 25.4 Å². The molecule has 0 aromatic heterocycles. The predicted octanol–water partition coefficient (Wildman–Crippen LogP) is 1.35. The van der Waals surface area contributed by atoms with Crippen molar-refractivity contribution in [2.75, 3.05) is 25.1 Å². The minimum atomic E-state index is -4.10. The molecule has 0 fully saturated rings. The van der Waals surface area contributed by atoms with Crippen molar-refractivity contribution in [1.82, 2.24) is 5.32 Å². The molecule has 0 atom stereocenters. The first-order valence-electron chi connectivity index (χ1n) is 4.66. The van der Waals surface area contributed by atoms with Gasteiger partial charge >= 0.3 is 6.18 Å². The Hall–Kier alpha value is -0.300. The van der Waals surface area contributed by atoms with Gasteiger partial charge in [-0.05, 0) is 25.9 Å². The van der Waals surface area contributed by atoms with Crippen LogP contribution in [0.25, 0.3) is 0 Å². The molecule has 0 rings (SSSR count). The third kappa shape index (κ3) is 13.7. The summed E-state index contributed by atoms with van der Waals surface area (Å²) in [6.07, 6.45) is -3.30. The first-order chi connectivity index (χ1) is 6.71. The Bertz CT molecular complexity index is 262. The van der Waals surface area contributed by atoms with E-state index in [-0.39, 0.29) is 18.7 Å². The SMILES string of the molecule is CS(=O)(=O)CCCNCCCC(F)(F)F. The van der Waals surface area contributed by atoms with Crippen LogP contribution in [0.5, 0.6) is 0 Å². The van der Waals surface area contributed by atoms with Crippen LogP contribution in [0.1, 0.15) is 19.3 Å². The lowest BCUT2D eigenvalue weighted by Gasteiger charge is -2.06. The Morgan fingerprint density at radius 2 is 1.67 bits per heavy atom. The van der Waals surface area contributed by atoms with Gasteiger partial charge < -0.3 is 5.32 Å². The van der Waals surface area contributed by atoms with Gasteiger partial charge in [-0.2, -0.15) is 13.2 Å². The average Bonchev–Trinajstić information content (AvgIpc) is 1.98. The molecule has 0 heterocycles. The molecule has 15 heavy (non-hydrogen) atoms. The Morgan fingerprint density at radius 3 is 2.13 bits per heavy atom. The molecule has 0 aromatic carbocycles. The molecule has 0 bridgehead atoms. The summed E-state index contributed by atoms with van der Waals surface area (Å²) in [7, 11) is -2.96. The lowest BCUT2D eigenvalue weighted by molar-refractivity contribution is -0.135. The second-order valence-corrected chi connectivity index (χ2v) is 5.71. The lowest BCUT2D eigenvalue weighted by Crippen LogP contribution is -2.21. The van der Waals surface area contributed by atoms with Crippen molar-refractivity contribution in [3.8, 4) is 0 Å². The maximum Gasteiger partial charge on any atom is 0.389 e. The predicted molar refractivity (Wildman–Crippen MR) is 52.5 cm³/mol. The summed E-state index contributed by atoms with van der Waals surface area (Å²) in [5.74, 6) is 0.0687. The minimum Gasteiger partial charge on any atom is -0.317 e. The van der Waals surface area contributed by atoms with Crippen LogP contribution in [-0.4, -0.2) is 39.7 Å². The van der Waals surface area contributed by atoms with Gasteiger partial charge in [0.25, 0.3) is 0 Å². The summed E-state index contributed by atoms with van der Waals surface area (Å²) in [5, 5.41) is 2.77. The van der Waals surface area contributed by atoms with Gasteiger partial charge in [-0.3, -0.25) is 0 Å². The fraction of sp³-hybridized carbons (Fsp3) is 1.00. The molecule has 0 aliphatic carbocycles. The van der Waals surface area contributed by atoms with Crippen molar-refractivity contribution < 1.29 is 21.6 Å². The number of sulfone groups is 1. The first-order valence-corrected chi connectivity index (χ1v) is 6.72. The molecular formula is C8H16F3NO2S. The number of rotatable bonds is 7. The third-order valence-corrected chi connectivity index (χ3v) is 2.71. The summed E-state index contributed by atoms with van der Waals surface area (Å²) < 4.78 is 56.4. The van der Waals surface area contributed by atoms with E-state index >= 15 is 0 Å². The van der Waals surface area contributed by atoms with E-state index in [1.807, 2.05) is 0 Å². The van der Waals surface area contributed by atoms with Gasteiger partial charge in [0.1, 0.15) is 9.84 Å². The molecule has 0 unspecified atom stereocenters. The fourth-order valence-electron chi connectivity index (χ4n) is 0.998. The second kappa shape index (κ2) is 6.32. The molecule has 0 aliphatic heterocycles. The number of hydrogen-bond acceptors (Lipinski definition) is 3. The van der Waals surface area contributed by atoms with E-state index in [9.17, 15) is 21.6 Å². The van der Waals surface area contributed by atoms with Crippen LogP contribution in [0.15, 0.2) is 0 Å². The Morgan fingerprint density at radius 1 is 1.13 bits per heavy atom. The van der Waals surface area contributed by atoms with Crippen LogP contribution >= 0.6 is 0 Å². The number of hydrogen-bond donors (Lipinski definition) is 1. The molecule has 0 saturated heterocycles. The van der Waals surface area contributed by atoms with Crippen LogP contribution in [-0.2, 0) is 9.84 Å². The molecule has 0 aromatic rings. The molecule has 3 nitrogen and oxygen atoms in total. The quantitative estimate of drug-likeness (QED) is 0.691. The van der Waals surface area contributed by atoms with E-state index in [1.165, 1.54) is 0 Å². The number of halogens is 3. The maximum atomic E-state index is 11.7. The van der Waals surface area contributed by atoms with Crippen molar-refractivity contribution >= 4 is 9.84 Å². The van der Waals surface area contributed by atoms with E-state index in [0.717, 1.165) is 6.26 Å².